The predicted molar refractivity (Wildman–Crippen MR) is 161 cm³/mol. The van der Waals surface area contributed by atoms with Crippen LogP contribution in [-0.4, -0.2) is 29.5 Å². The van der Waals surface area contributed by atoms with Crippen molar-refractivity contribution in [1.82, 2.24) is 19.9 Å². The average Bonchev–Trinajstić information content (AvgIpc) is 3.64. The highest BCUT2D eigenvalue weighted by Gasteiger charge is 2.26. The molecule has 0 fully saturated rings. The van der Waals surface area contributed by atoms with Gasteiger partial charge in [-0.25, -0.2) is 9.71 Å². The fraction of sp³-hybridized carbons (Fsp3) is 0.129. The van der Waals surface area contributed by atoms with Gasteiger partial charge < -0.3 is 4.74 Å². The van der Waals surface area contributed by atoms with E-state index in [-0.39, 0.29) is 16.7 Å². The zero-order valence-electron chi connectivity index (χ0n) is 22.5. The second-order valence-electron chi connectivity index (χ2n) is 9.74. The van der Waals surface area contributed by atoms with Crippen molar-refractivity contribution in [2.45, 2.75) is 31.9 Å². The van der Waals surface area contributed by atoms with Crippen molar-refractivity contribution in [1.29, 1.82) is 0 Å². The lowest BCUT2D eigenvalue weighted by Crippen LogP contribution is -2.31. The lowest BCUT2D eigenvalue weighted by atomic mass is 10.0. The highest BCUT2D eigenvalue weighted by molar-refractivity contribution is 7.90. The molecular formula is C31H26N4O4S2. The number of carbonyl (C=O) groups is 1. The summed E-state index contributed by atoms with van der Waals surface area (Å²) in [7, 11) is -4.20. The standard InChI is InChI=1S/C31H26N4O4S2/c1-18-13-14-25(39-20(3)21-9-5-4-6-10-21)28-23(31(36)35-41(37,38)27-15-16-32-34-27)17-24(33-29(18)28)30-19(2)22-11-7-8-12-26(22)40-30/h4-17,20H,1-3H3,(H,32,34)(H,35,36). The third-order valence-corrected chi connectivity index (χ3v) is 9.57. The molecule has 0 aliphatic carbocycles. The molecule has 1 atom stereocenters. The minimum atomic E-state index is -4.20. The first-order valence-corrected chi connectivity index (χ1v) is 15.2. The first-order chi connectivity index (χ1) is 19.7. The van der Waals surface area contributed by atoms with E-state index in [9.17, 15) is 13.2 Å². The Balaban J connectivity index is 1.55. The monoisotopic (exact) mass is 582 g/mol. The van der Waals surface area contributed by atoms with Crippen LogP contribution in [0.2, 0.25) is 0 Å². The summed E-state index contributed by atoms with van der Waals surface area (Å²) in [4.78, 5) is 19.7. The highest BCUT2D eigenvalue weighted by Crippen LogP contribution is 2.41. The Morgan fingerprint density at radius 1 is 1.00 bits per heavy atom. The fourth-order valence-electron chi connectivity index (χ4n) is 4.86. The second-order valence-corrected chi connectivity index (χ2v) is 12.4. The number of amides is 1. The van der Waals surface area contributed by atoms with Gasteiger partial charge in [-0.3, -0.25) is 9.89 Å². The molecule has 8 nitrogen and oxygen atoms in total. The number of rotatable bonds is 7. The minimum Gasteiger partial charge on any atom is -0.485 e. The Bertz CT molecular complexity index is 2020. The molecule has 0 saturated heterocycles. The van der Waals surface area contributed by atoms with Crippen LogP contribution in [0.1, 0.15) is 40.1 Å². The maximum atomic E-state index is 13.8. The maximum Gasteiger partial charge on any atom is 0.281 e. The number of nitrogens with zero attached hydrogens (tertiary/aromatic N) is 2. The SMILES string of the molecule is Cc1c(-c2cc(C(=O)NS(=O)(=O)c3ccn[nH]3)c3c(OC(C)c4ccccc4)ccc(C)c3n2)sc2ccccc12. The van der Waals surface area contributed by atoms with Crippen LogP contribution in [0.5, 0.6) is 5.75 Å². The van der Waals surface area contributed by atoms with Crippen LogP contribution in [0.15, 0.2) is 90.1 Å². The van der Waals surface area contributed by atoms with E-state index in [1.807, 2.05) is 75.4 Å². The lowest BCUT2D eigenvalue weighted by molar-refractivity contribution is 0.0982. The van der Waals surface area contributed by atoms with E-state index < -0.39 is 15.9 Å². The van der Waals surface area contributed by atoms with Crippen molar-refractivity contribution in [2.75, 3.05) is 0 Å². The Kier molecular flexibility index (Phi) is 6.80. The van der Waals surface area contributed by atoms with E-state index in [0.29, 0.717) is 22.3 Å². The van der Waals surface area contributed by atoms with Crippen molar-refractivity contribution in [3.63, 3.8) is 0 Å². The van der Waals surface area contributed by atoms with E-state index in [2.05, 4.69) is 21.0 Å². The topological polar surface area (TPSA) is 114 Å². The van der Waals surface area contributed by atoms with Crippen LogP contribution < -0.4 is 9.46 Å². The molecule has 3 heterocycles. The van der Waals surface area contributed by atoms with Gasteiger partial charge >= 0.3 is 0 Å². The van der Waals surface area contributed by atoms with Gasteiger partial charge in [-0.15, -0.1) is 11.3 Å². The Morgan fingerprint density at radius 3 is 2.49 bits per heavy atom. The molecule has 1 amide bonds. The Hall–Kier alpha value is -4.54. The summed E-state index contributed by atoms with van der Waals surface area (Å²) >= 11 is 1.58. The van der Waals surface area contributed by atoms with Gasteiger partial charge in [-0.1, -0.05) is 54.6 Å². The number of aromatic amines is 1. The van der Waals surface area contributed by atoms with E-state index in [0.717, 1.165) is 31.7 Å². The van der Waals surface area contributed by atoms with Gasteiger partial charge in [0.05, 0.1) is 33.2 Å². The van der Waals surface area contributed by atoms with Gasteiger partial charge in [0.1, 0.15) is 11.9 Å². The van der Waals surface area contributed by atoms with E-state index in [1.165, 1.54) is 12.3 Å². The molecule has 1 unspecified atom stereocenters. The third-order valence-electron chi connectivity index (χ3n) is 7.01. The largest absolute Gasteiger partial charge is 0.485 e. The van der Waals surface area contributed by atoms with Crippen molar-refractivity contribution >= 4 is 48.3 Å². The number of thiophene rings is 1. The molecular weight excluding hydrogens is 556 g/mol. The molecule has 0 saturated carbocycles. The molecule has 6 rings (SSSR count). The van der Waals surface area contributed by atoms with Crippen LogP contribution >= 0.6 is 11.3 Å². The predicted octanol–water partition coefficient (Wildman–Crippen LogP) is 6.72. The number of H-pyrrole nitrogens is 1. The summed E-state index contributed by atoms with van der Waals surface area (Å²) in [6, 6.07) is 24.4. The molecule has 0 bridgehead atoms. The van der Waals surface area contributed by atoms with Gasteiger partial charge in [0.2, 0.25) is 0 Å². The lowest BCUT2D eigenvalue weighted by Gasteiger charge is -2.19. The number of hydrogen-bond acceptors (Lipinski definition) is 7. The summed E-state index contributed by atoms with van der Waals surface area (Å²) in [6.45, 7) is 5.85. The molecule has 10 heteroatoms. The first-order valence-electron chi connectivity index (χ1n) is 12.9. The van der Waals surface area contributed by atoms with Crippen molar-refractivity contribution in [3.05, 3.63) is 107 Å². The molecule has 0 aliphatic rings. The van der Waals surface area contributed by atoms with Crippen LogP contribution in [0.4, 0.5) is 0 Å². The Morgan fingerprint density at radius 2 is 1.76 bits per heavy atom. The number of sulfonamides is 1. The second kappa shape index (κ2) is 10.5. The van der Waals surface area contributed by atoms with Crippen LogP contribution in [0, 0.1) is 13.8 Å². The maximum absolute atomic E-state index is 13.8. The molecule has 3 aromatic heterocycles. The zero-order chi connectivity index (χ0) is 28.7. The number of aryl methyl sites for hydroxylation is 2. The number of carbonyl (C=O) groups excluding carboxylic acids is 1. The average molecular weight is 583 g/mol. The van der Waals surface area contributed by atoms with Crippen LogP contribution in [-0.2, 0) is 10.0 Å². The van der Waals surface area contributed by atoms with E-state index in [4.69, 9.17) is 9.72 Å². The van der Waals surface area contributed by atoms with E-state index >= 15 is 0 Å². The molecule has 206 valence electrons. The number of ether oxygens (including phenoxy) is 1. The minimum absolute atomic E-state index is 0.143. The fourth-order valence-corrected chi connectivity index (χ4v) is 6.91. The number of nitrogens with one attached hydrogen (secondary N) is 2. The number of hydrogen-bond donors (Lipinski definition) is 2. The summed E-state index contributed by atoms with van der Waals surface area (Å²) in [5, 5.41) is 7.44. The summed E-state index contributed by atoms with van der Waals surface area (Å²) in [5.74, 6) is -0.368. The quantitative estimate of drug-likeness (QED) is 0.216. The van der Waals surface area contributed by atoms with Crippen molar-refractivity contribution < 1.29 is 17.9 Å². The Labute approximate surface area is 241 Å². The zero-order valence-corrected chi connectivity index (χ0v) is 24.1. The highest BCUT2D eigenvalue weighted by atomic mass is 32.2. The summed E-state index contributed by atoms with van der Waals surface area (Å²) in [6.07, 6.45) is 0.972. The summed E-state index contributed by atoms with van der Waals surface area (Å²) in [5.41, 5.74) is 4.10. The number of aromatic nitrogens is 3. The van der Waals surface area contributed by atoms with Gasteiger partial charge in [0, 0.05) is 4.70 Å². The number of fused-ring (bicyclic) bond motifs is 2. The van der Waals surface area contributed by atoms with Crippen molar-refractivity contribution in [3.8, 4) is 16.3 Å². The van der Waals surface area contributed by atoms with Gasteiger partial charge in [0.15, 0.2) is 5.03 Å². The first kappa shape index (κ1) is 26.7. The van der Waals surface area contributed by atoms with Crippen LogP contribution in [0.3, 0.4) is 0 Å². The smallest absolute Gasteiger partial charge is 0.281 e. The third kappa shape index (κ3) is 4.96. The van der Waals surface area contributed by atoms with Crippen LogP contribution in [0.25, 0.3) is 31.6 Å². The number of benzene rings is 3. The molecule has 0 spiro atoms. The van der Waals surface area contributed by atoms with Gasteiger partial charge in [-0.2, -0.15) is 13.5 Å². The molecule has 41 heavy (non-hydrogen) atoms. The van der Waals surface area contributed by atoms with Gasteiger partial charge in [0.25, 0.3) is 15.9 Å². The normalized spacial score (nSPS) is 12.5. The van der Waals surface area contributed by atoms with Gasteiger partial charge in [-0.05, 0) is 67.1 Å². The molecule has 0 radical (unpaired) electrons. The summed E-state index contributed by atoms with van der Waals surface area (Å²) < 4.78 is 35.7. The van der Waals surface area contributed by atoms with Crippen molar-refractivity contribution in [2.24, 2.45) is 0 Å². The molecule has 6 aromatic rings. The molecule has 0 aliphatic heterocycles. The van der Waals surface area contributed by atoms with E-state index in [1.54, 1.807) is 23.5 Å². The molecule has 2 N–H and O–H groups in total. The number of pyridine rings is 1. The molecule has 3 aromatic carbocycles.